The van der Waals surface area contributed by atoms with Crippen molar-refractivity contribution in [2.24, 2.45) is 5.10 Å². The van der Waals surface area contributed by atoms with E-state index < -0.39 is 5.97 Å². The molecule has 0 saturated heterocycles. The first-order chi connectivity index (χ1) is 11.0. The van der Waals surface area contributed by atoms with Crippen molar-refractivity contribution in [2.75, 3.05) is 5.43 Å². The number of nitrogens with one attached hydrogen (secondary N) is 1. The van der Waals surface area contributed by atoms with Crippen molar-refractivity contribution in [3.05, 3.63) is 64.9 Å². The lowest BCUT2D eigenvalue weighted by Crippen LogP contribution is -2.01. The molecule has 23 heavy (non-hydrogen) atoms. The Kier molecular flexibility index (Phi) is 4.04. The van der Waals surface area contributed by atoms with Crippen molar-refractivity contribution in [3.63, 3.8) is 0 Å². The molecule has 0 fully saturated rings. The first kappa shape index (κ1) is 15.1. The highest BCUT2D eigenvalue weighted by atomic mass is 35.5. The van der Waals surface area contributed by atoms with Gasteiger partial charge in [0, 0.05) is 5.39 Å². The van der Waals surface area contributed by atoms with Gasteiger partial charge in [-0.15, -0.1) is 0 Å². The lowest BCUT2D eigenvalue weighted by molar-refractivity contribution is 0.0697. The van der Waals surface area contributed by atoms with E-state index in [1.807, 2.05) is 30.3 Å². The number of carboxylic acid groups (broad SMARTS) is 1. The molecule has 0 atom stereocenters. The first-order valence-corrected chi connectivity index (χ1v) is 7.24. The third kappa shape index (κ3) is 3.19. The fourth-order valence-electron chi connectivity index (χ4n) is 2.12. The molecule has 0 bridgehead atoms. The normalized spacial score (nSPS) is 11.7. The van der Waals surface area contributed by atoms with Crippen LogP contribution in [0, 0.1) is 0 Å². The summed E-state index contributed by atoms with van der Waals surface area (Å²) in [5.74, 6) is -0.442. The summed E-state index contributed by atoms with van der Waals surface area (Å²) < 4.78 is 5.71. The summed E-state index contributed by atoms with van der Waals surface area (Å²) in [6.45, 7) is 1.80. The van der Waals surface area contributed by atoms with Crippen LogP contribution in [0.4, 0.5) is 5.69 Å². The number of hydrazone groups is 1. The van der Waals surface area contributed by atoms with Crippen molar-refractivity contribution in [2.45, 2.75) is 6.92 Å². The summed E-state index contributed by atoms with van der Waals surface area (Å²) in [7, 11) is 0. The van der Waals surface area contributed by atoms with Crippen LogP contribution in [0.25, 0.3) is 11.0 Å². The van der Waals surface area contributed by atoms with E-state index in [-0.39, 0.29) is 10.6 Å². The van der Waals surface area contributed by atoms with Gasteiger partial charge in [0.2, 0.25) is 0 Å². The van der Waals surface area contributed by atoms with Crippen molar-refractivity contribution in [1.82, 2.24) is 0 Å². The standard InChI is InChI=1S/C17H13ClN2O3/c1-10(16-8-11-4-2-3-5-15(11)23-16)19-20-12-6-7-14(18)13(9-12)17(21)22/h2-9,20H,1H3,(H,21,22). The number of fused-ring (bicyclic) bond motifs is 1. The molecule has 0 aliphatic heterocycles. The monoisotopic (exact) mass is 328 g/mol. The number of carboxylic acids is 1. The zero-order valence-electron chi connectivity index (χ0n) is 12.2. The number of carbonyl (C=O) groups is 1. The summed E-state index contributed by atoms with van der Waals surface area (Å²) in [4.78, 5) is 11.1. The molecule has 0 aliphatic rings. The third-order valence-electron chi connectivity index (χ3n) is 3.33. The number of hydrogen-bond acceptors (Lipinski definition) is 4. The van der Waals surface area contributed by atoms with Gasteiger partial charge in [-0.2, -0.15) is 5.10 Å². The van der Waals surface area contributed by atoms with Gasteiger partial charge in [-0.1, -0.05) is 29.8 Å². The largest absolute Gasteiger partial charge is 0.478 e. The summed E-state index contributed by atoms with van der Waals surface area (Å²) in [6, 6.07) is 14.2. The van der Waals surface area contributed by atoms with Gasteiger partial charge < -0.3 is 9.52 Å². The Labute approximate surface area is 137 Å². The van der Waals surface area contributed by atoms with Crippen LogP contribution < -0.4 is 5.43 Å². The van der Waals surface area contributed by atoms with Gasteiger partial charge in [0.05, 0.1) is 16.3 Å². The van der Waals surface area contributed by atoms with E-state index in [9.17, 15) is 4.79 Å². The van der Waals surface area contributed by atoms with Crippen molar-refractivity contribution < 1.29 is 14.3 Å². The number of rotatable bonds is 4. The minimum absolute atomic E-state index is 0.0215. The number of benzene rings is 2. The Bertz CT molecular complexity index is 882. The van der Waals surface area contributed by atoms with Crippen LogP contribution >= 0.6 is 11.6 Å². The minimum atomic E-state index is -1.09. The molecular weight excluding hydrogens is 316 g/mol. The topological polar surface area (TPSA) is 74.8 Å². The number of furan rings is 1. The molecular formula is C17H13ClN2O3. The third-order valence-corrected chi connectivity index (χ3v) is 3.66. The molecule has 0 amide bonds. The highest BCUT2D eigenvalue weighted by Gasteiger charge is 2.10. The molecule has 0 saturated carbocycles. The maximum Gasteiger partial charge on any atom is 0.337 e. The average molecular weight is 329 g/mol. The predicted molar refractivity (Wildman–Crippen MR) is 90.5 cm³/mol. The summed E-state index contributed by atoms with van der Waals surface area (Å²) in [5.41, 5.74) is 4.80. The lowest BCUT2D eigenvalue weighted by Gasteiger charge is -2.04. The zero-order chi connectivity index (χ0) is 16.4. The Balaban J connectivity index is 1.84. The van der Waals surface area contributed by atoms with Crippen LogP contribution in [-0.4, -0.2) is 16.8 Å². The molecule has 1 aromatic heterocycles. The van der Waals surface area contributed by atoms with E-state index in [4.69, 9.17) is 21.1 Å². The smallest absolute Gasteiger partial charge is 0.337 e. The van der Waals surface area contributed by atoms with Crippen molar-refractivity contribution >= 4 is 39.9 Å². The summed E-state index contributed by atoms with van der Waals surface area (Å²) >= 11 is 5.84. The quantitative estimate of drug-likeness (QED) is 0.541. The van der Waals surface area contributed by atoms with E-state index in [2.05, 4.69) is 10.5 Å². The van der Waals surface area contributed by atoms with E-state index in [1.54, 1.807) is 13.0 Å². The van der Waals surface area contributed by atoms with Crippen molar-refractivity contribution in [1.29, 1.82) is 0 Å². The number of para-hydroxylation sites is 1. The molecule has 2 aromatic carbocycles. The van der Waals surface area contributed by atoms with Gasteiger partial charge in [-0.05, 0) is 37.3 Å². The minimum Gasteiger partial charge on any atom is -0.478 e. The molecule has 3 rings (SSSR count). The number of halogens is 1. The SMILES string of the molecule is CC(=NNc1ccc(Cl)c(C(=O)O)c1)c1cc2ccccc2o1. The Morgan fingerprint density at radius 2 is 2.00 bits per heavy atom. The van der Waals surface area contributed by atoms with E-state index >= 15 is 0 Å². The molecule has 0 spiro atoms. The first-order valence-electron chi connectivity index (χ1n) is 6.86. The Hall–Kier alpha value is -2.79. The predicted octanol–water partition coefficient (Wildman–Crippen LogP) is 4.62. The number of aromatic carboxylic acids is 1. The van der Waals surface area contributed by atoms with Gasteiger partial charge in [-0.3, -0.25) is 5.43 Å². The second-order valence-electron chi connectivity index (χ2n) is 4.96. The highest BCUT2D eigenvalue weighted by Crippen LogP contribution is 2.22. The fraction of sp³-hybridized carbons (Fsp3) is 0.0588. The summed E-state index contributed by atoms with van der Waals surface area (Å²) in [5, 5.41) is 14.5. The maximum absolute atomic E-state index is 11.1. The van der Waals surface area contributed by atoms with Crippen LogP contribution in [-0.2, 0) is 0 Å². The van der Waals surface area contributed by atoms with Crippen LogP contribution in [0.3, 0.4) is 0 Å². The van der Waals surface area contributed by atoms with Crippen LogP contribution in [0.2, 0.25) is 5.02 Å². The molecule has 0 aliphatic carbocycles. The number of hydrogen-bond donors (Lipinski definition) is 2. The van der Waals surface area contributed by atoms with Crippen LogP contribution in [0.5, 0.6) is 0 Å². The summed E-state index contributed by atoms with van der Waals surface area (Å²) in [6.07, 6.45) is 0. The number of anilines is 1. The lowest BCUT2D eigenvalue weighted by atomic mass is 10.2. The van der Waals surface area contributed by atoms with Gasteiger partial charge in [0.15, 0.2) is 5.76 Å². The molecule has 0 radical (unpaired) electrons. The fourth-order valence-corrected chi connectivity index (χ4v) is 2.32. The average Bonchev–Trinajstić information content (AvgIpc) is 2.97. The molecule has 6 heteroatoms. The molecule has 3 aromatic rings. The van der Waals surface area contributed by atoms with Gasteiger partial charge >= 0.3 is 5.97 Å². The molecule has 116 valence electrons. The Morgan fingerprint density at radius 1 is 1.22 bits per heavy atom. The van der Waals surface area contributed by atoms with Crippen LogP contribution in [0.15, 0.2) is 58.0 Å². The van der Waals surface area contributed by atoms with Crippen molar-refractivity contribution in [3.8, 4) is 0 Å². The van der Waals surface area contributed by atoms with E-state index in [0.717, 1.165) is 11.0 Å². The molecule has 1 heterocycles. The second kappa shape index (κ2) is 6.14. The van der Waals surface area contributed by atoms with E-state index in [1.165, 1.54) is 12.1 Å². The number of nitrogens with zero attached hydrogens (tertiary/aromatic N) is 1. The van der Waals surface area contributed by atoms with Gasteiger partial charge in [-0.25, -0.2) is 4.79 Å². The van der Waals surface area contributed by atoms with Crippen LogP contribution in [0.1, 0.15) is 23.0 Å². The van der Waals surface area contributed by atoms with E-state index in [0.29, 0.717) is 17.2 Å². The molecule has 5 nitrogen and oxygen atoms in total. The maximum atomic E-state index is 11.1. The van der Waals surface area contributed by atoms with Gasteiger partial charge in [0.1, 0.15) is 11.3 Å². The molecule has 0 unspecified atom stereocenters. The second-order valence-corrected chi connectivity index (χ2v) is 5.36. The van der Waals surface area contributed by atoms with Gasteiger partial charge in [0.25, 0.3) is 0 Å². The Morgan fingerprint density at radius 3 is 2.74 bits per heavy atom. The molecule has 2 N–H and O–H groups in total. The zero-order valence-corrected chi connectivity index (χ0v) is 13.0. The highest BCUT2D eigenvalue weighted by molar-refractivity contribution is 6.33.